The van der Waals surface area contributed by atoms with E-state index in [4.69, 9.17) is 4.74 Å². The lowest BCUT2D eigenvalue weighted by Gasteiger charge is -2.25. The maximum Gasteiger partial charge on any atom is 0.410 e. The van der Waals surface area contributed by atoms with Crippen LogP contribution in [0.2, 0.25) is 0 Å². The van der Waals surface area contributed by atoms with Crippen LogP contribution in [0.15, 0.2) is 30.3 Å². The van der Waals surface area contributed by atoms with Crippen LogP contribution < -0.4 is 10.9 Å². The van der Waals surface area contributed by atoms with Gasteiger partial charge in [-0.25, -0.2) is 4.79 Å². The highest BCUT2D eigenvalue weighted by Gasteiger charge is 2.60. The molecule has 1 aromatic carbocycles. The SMILES string of the molecule is CC(C)(C)OC(=O)N1CC2C(C(=O)NNC(=O)c3ccccc3)[C@@H]2C1. The van der Waals surface area contributed by atoms with Crippen LogP contribution >= 0.6 is 0 Å². The normalized spacial score (nSPS) is 24.3. The van der Waals surface area contributed by atoms with E-state index in [9.17, 15) is 14.4 Å². The molecule has 0 spiro atoms. The molecule has 7 heteroatoms. The summed E-state index contributed by atoms with van der Waals surface area (Å²) < 4.78 is 5.34. The fourth-order valence-corrected chi connectivity index (χ4v) is 3.25. The van der Waals surface area contributed by atoms with E-state index in [-0.39, 0.29) is 35.7 Å². The van der Waals surface area contributed by atoms with Gasteiger partial charge in [0.25, 0.3) is 5.91 Å². The number of nitrogens with zero attached hydrogens (tertiary/aromatic N) is 1. The summed E-state index contributed by atoms with van der Waals surface area (Å²) >= 11 is 0. The van der Waals surface area contributed by atoms with E-state index >= 15 is 0 Å². The standard InChI is InChI=1S/C18H23N3O4/c1-18(2,3)25-17(24)21-9-12-13(10-21)14(12)16(23)20-19-15(22)11-7-5-4-6-8-11/h4-8,12-14H,9-10H2,1-3H3,(H,19,22)(H,20,23)/t12-,13?,14?/m1/s1. The number of rotatable bonds is 2. The maximum atomic E-state index is 12.2. The van der Waals surface area contributed by atoms with Crippen LogP contribution in [0.3, 0.4) is 0 Å². The number of carbonyl (C=O) groups excluding carboxylic acids is 3. The molecular weight excluding hydrogens is 322 g/mol. The third kappa shape index (κ3) is 3.92. The molecule has 3 atom stereocenters. The van der Waals surface area contributed by atoms with E-state index in [1.165, 1.54) is 0 Å². The third-order valence-electron chi connectivity index (χ3n) is 4.48. The molecule has 2 aliphatic rings. The number of nitrogens with one attached hydrogen (secondary N) is 2. The minimum absolute atomic E-state index is 0.140. The second kappa shape index (κ2) is 6.38. The molecule has 2 unspecified atom stereocenters. The molecule has 1 heterocycles. The summed E-state index contributed by atoms with van der Waals surface area (Å²) in [6.45, 7) is 6.52. The number of hydrogen-bond donors (Lipinski definition) is 2. The number of hydrazine groups is 1. The second-order valence-electron chi connectivity index (χ2n) is 7.55. The summed E-state index contributed by atoms with van der Waals surface area (Å²) in [5.41, 5.74) is 4.87. The van der Waals surface area contributed by atoms with Crippen molar-refractivity contribution in [2.24, 2.45) is 17.8 Å². The molecule has 3 rings (SSSR count). The smallest absolute Gasteiger partial charge is 0.410 e. The van der Waals surface area contributed by atoms with Gasteiger partial charge in [-0.05, 0) is 44.7 Å². The number of fused-ring (bicyclic) bond motifs is 1. The van der Waals surface area contributed by atoms with E-state index < -0.39 is 5.60 Å². The van der Waals surface area contributed by atoms with Crippen molar-refractivity contribution in [2.45, 2.75) is 26.4 Å². The van der Waals surface area contributed by atoms with Gasteiger partial charge in [0.1, 0.15) is 5.60 Å². The number of hydrogen-bond acceptors (Lipinski definition) is 4. The number of benzene rings is 1. The molecule has 1 aromatic rings. The molecule has 2 fully saturated rings. The van der Waals surface area contributed by atoms with Gasteiger partial charge < -0.3 is 9.64 Å². The lowest BCUT2D eigenvalue weighted by atomic mass is 10.2. The summed E-state index contributed by atoms with van der Waals surface area (Å²) in [6, 6.07) is 8.68. The van der Waals surface area contributed by atoms with E-state index in [0.29, 0.717) is 18.7 Å². The largest absolute Gasteiger partial charge is 0.444 e. The fourth-order valence-electron chi connectivity index (χ4n) is 3.25. The Balaban J connectivity index is 1.44. The average Bonchev–Trinajstić information content (AvgIpc) is 3.05. The van der Waals surface area contributed by atoms with Crippen molar-refractivity contribution < 1.29 is 19.1 Å². The van der Waals surface area contributed by atoms with Gasteiger partial charge in [-0.2, -0.15) is 0 Å². The zero-order valence-corrected chi connectivity index (χ0v) is 14.6. The molecule has 1 aliphatic heterocycles. The lowest BCUT2D eigenvalue weighted by molar-refractivity contribution is -0.124. The molecule has 134 valence electrons. The Morgan fingerprint density at radius 3 is 2.20 bits per heavy atom. The Bertz CT molecular complexity index is 671. The average molecular weight is 345 g/mol. The van der Waals surface area contributed by atoms with Crippen LogP contribution in [0.1, 0.15) is 31.1 Å². The zero-order chi connectivity index (χ0) is 18.2. The van der Waals surface area contributed by atoms with Gasteiger partial charge in [-0.15, -0.1) is 0 Å². The van der Waals surface area contributed by atoms with E-state index in [2.05, 4.69) is 10.9 Å². The van der Waals surface area contributed by atoms with Gasteiger partial charge in [0.05, 0.1) is 0 Å². The molecule has 2 N–H and O–H groups in total. The van der Waals surface area contributed by atoms with Crippen LogP contribution in [0.5, 0.6) is 0 Å². The van der Waals surface area contributed by atoms with Gasteiger partial charge in [0.2, 0.25) is 5.91 Å². The van der Waals surface area contributed by atoms with E-state index in [1.54, 1.807) is 29.2 Å². The minimum Gasteiger partial charge on any atom is -0.444 e. The minimum atomic E-state index is -0.525. The fraction of sp³-hybridized carbons (Fsp3) is 0.500. The molecule has 0 aromatic heterocycles. The highest BCUT2D eigenvalue weighted by molar-refractivity contribution is 5.95. The Hall–Kier alpha value is -2.57. The first-order valence-electron chi connectivity index (χ1n) is 8.39. The molecule has 1 saturated carbocycles. The van der Waals surface area contributed by atoms with Gasteiger partial charge in [0, 0.05) is 24.6 Å². The quantitative estimate of drug-likeness (QED) is 0.796. The number of likely N-dealkylation sites (tertiary alicyclic amines) is 1. The van der Waals surface area contributed by atoms with Crippen molar-refractivity contribution in [3.63, 3.8) is 0 Å². The highest BCUT2D eigenvalue weighted by Crippen LogP contribution is 2.51. The Kier molecular flexibility index (Phi) is 4.41. The molecule has 25 heavy (non-hydrogen) atoms. The molecule has 7 nitrogen and oxygen atoms in total. The summed E-state index contributed by atoms with van der Waals surface area (Å²) in [6.07, 6.45) is -0.337. The first-order valence-corrected chi connectivity index (χ1v) is 8.39. The van der Waals surface area contributed by atoms with Crippen molar-refractivity contribution in [3.05, 3.63) is 35.9 Å². The van der Waals surface area contributed by atoms with Gasteiger partial charge >= 0.3 is 6.09 Å². The number of ether oxygens (including phenoxy) is 1. The van der Waals surface area contributed by atoms with Gasteiger partial charge in [-0.1, -0.05) is 18.2 Å². The molecule has 1 aliphatic carbocycles. The van der Waals surface area contributed by atoms with Crippen molar-refractivity contribution in [2.75, 3.05) is 13.1 Å². The predicted octanol–water partition coefficient (Wildman–Crippen LogP) is 1.56. The summed E-state index contributed by atoms with van der Waals surface area (Å²) in [5, 5.41) is 0. The Morgan fingerprint density at radius 2 is 1.64 bits per heavy atom. The Labute approximate surface area is 146 Å². The van der Waals surface area contributed by atoms with Gasteiger partial charge in [0.15, 0.2) is 0 Å². The Morgan fingerprint density at radius 1 is 1.04 bits per heavy atom. The molecule has 3 amide bonds. The van der Waals surface area contributed by atoms with E-state index in [0.717, 1.165) is 0 Å². The first kappa shape index (κ1) is 17.3. The maximum absolute atomic E-state index is 12.2. The number of carbonyl (C=O) groups is 3. The van der Waals surface area contributed by atoms with Crippen LogP contribution in [-0.4, -0.2) is 41.5 Å². The summed E-state index contributed by atoms with van der Waals surface area (Å²) in [7, 11) is 0. The first-order chi connectivity index (χ1) is 11.8. The molecular formula is C18H23N3O4. The van der Waals surface area contributed by atoms with Crippen molar-refractivity contribution in [1.82, 2.24) is 15.8 Å². The third-order valence-corrected chi connectivity index (χ3v) is 4.48. The van der Waals surface area contributed by atoms with Crippen molar-refractivity contribution >= 4 is 17.9 Å². The number of amides is 3. The van der Waals surface area contributed by atoms with Gasteiger partial charge in [-0.3, -0.25) is 20.4 Å². The lowest BCUT2D eigenvalue weighted by Crippen LogP contribution is -2.44. The molecule has 1 saturated heterocycles. The van der Waals surface area contributed by atoms with Crippen LogP contribution in [0.4, 0.5) is 4.79 Å². The highest BCUT2D eigenvalue weighted by atomic mass is 16.6. The monoisotopic (exact) mass is 345 g/mol. The summed E-state index contributed by atoms with van der Waals surface area (Å²) in [4.78, 5) is 37.8. The topological polar surface area (TPSA) is 87.7 Å². The van der Waals surface area contributed by atoms with Crippen molar-refractivity contribution in [3.8, 4) is 0 Å². The summed E-state index contributed by atoms with van der Waals surface area (Å²) in [5.74, 6) is -0.435. The van der Waals surface area contributed by atoms with Crippen molar-refractivity contribution in [1.29, 1.82) is 0 Å². The second-order valence-corrected chi connectivity index (χ2v) is 7.55. The van der Waals surface area contributed by atoms with E-state index in [1.807, 2.05) is 26.8 Å². The number of piperidine rings is 1. The molecule has 0 bridgehead atoms. The predicted molar refractivity (Wildman–Crippen MR) is 90.3 cm³/mol. The molecule has 0 radical (unpaired) electrons. The van der Waals surface area contributed by atoms with Crippen LogP contribution in [0, 0.1) is 17.8 Å². The zero-order valence-electron chi connectivity index (χ0n) is 14.6. The van der Waals surface area contributed by atoms with Crippen LogP contribution in [-0.2, 0) is 9.53 Å². The van der Waals surface area contributed by atoms with Crippen LogP contribution in [0.25, 0.3) is 0 Å².